The molecule has 1 N–H and O–H groups in total. The van der Waals surface area contributed by atoms with E-state index >= 15 is 0 Å². The van der Waals surface area contributed by atoms with Gasteiger partial charge in [-0.2, -0.15) is 13.2 Å². The maximum Gasteiger partial charge on any atom is 0.574 e. The van der Waals surface area contributed by atoms with Gasteiger partial charge < -0.3 is 14.6 Å². The van der Waals surface area contributed by atoms with Crippen molar-refractivity contribution >= 4 is 5.97 Å². The summed E-state index contributed by atoms with van der Waals surface area (Å²) in [5.74, 6) is -3.98. The molecule has 0 amide bonds. The first-order valence-corrected chi connectivity index (χ1v) is 5.06. The van der Waals surface area contributed by atoms with Crippen molar-refractivity contribution in [2.75, 3.05) is 7.11 Å². The van der Waals surface area contributed by atoms with Crippen LogP contribution in [0, 0.1) is 0 Å². The fraction of sp³-hybridized carbons (Fsp3) is 0.400. The molecule has 0 aliphatic heterocycles. The zero-order valence-electron chi connectivity index (χ0n) is 10.2. The largest absolute Gasteiger partial charge is 0.574 e. The van der Waals surface area contributed by atoms with Gasteiger partial charge in [0.1, 0.15) is 11.3 Å². The molecule has 1 heterocycles. The topological polar surface area (TPSA) is 68.7 Å². The Morgan fingerprint density at radius 3 is 2.24 bits per heavy atom. The van der Waals surface area contributed by atoms with Crippen LogP contribution in [-0.4, -0.2) is 29.5 Å². The Labute approximate surface area is 113 Å². The van der Waals surface area contributed by atoms with Crippen molar-refractivity contribution in [2.45, 2.75) is 19.0 Å². The smallest absolute Gasteiger partial charge is 0.496 e. The van der Waals surface area contributed by atoms with Crippen molar-refractivity contribution in [1.82, 2.24) is 4.98 Å². The molecule has 21 heavy (non-hydrogen) atoms. The van der Waals surface area contributed by atoms with Crippen LogP contribution in [0.15, 0.2) is 6.07 Å². The zero-order valence-corrected chi connectivity index (χ0v) is 10.2. The Balaban J connectivity index is 3.46. The third-order valence-electron chi connectivity index (χ3n) is 2.08. The van der Waals surface area contributed by atoms with E-state index in [2.05, 4.69) is 14.5 Å². The van der Waals surface area contributed by atoms with Gasteiger partial charge in [-0.25, -0.2) is 4.98 Å². The highest BCUT2D eigenvalue weighted by Gasteiger charge is 2.40. The number of halogens is 6. The summed E-state index contributed by atoms with van der Waals surface area (Å²) in [6.07, 6.45) is -11.5. The van der Waals surface area contributed by atoms with E-state index in [1.54, 1.807) is 0 Å². The first-order valence-electron chi connectivity index (χ1n) is 5.06. The van der Waals surface area contributed by atoms with Crippen LogP contribution in [0.5, 0.6) is 11.6 Å². The van der Waals surface area contributed by atoms with Crippen LogP contribution in [0.1, 0.15) is 11.3 Å². The molecule has 1 aromatic heterocycles. The van der Waals surface area contributed by atoms with Gasteiger partial charge in [-0.05, 0) is 0 Å². The van der Waals surface area contributed by atoms with Crippen molar-refractivity contribution in [2.24, 2.45) is 0 Å². The van der Waals surface area contributed by atoms with Gasteiger partial charge in [0.25, 0.3) is 0 Å². The first-order chi connectivity index (χ1) is 9.44. The summed E-state index contributed by atoms with van der Waals surface area (Å²) >= 11 is 0. The highest BCUT2D eigenvalue weighted by molar-refractivity contribution is 5.70. The van der Waals surface area contributed by atoms with Crippen LogP contribution in [0.4, 0.5) is 26.3 Å². The van der Waals surface area contributed by atoms with Gasteiger partial charge >= 0.3 is 18.5 Å². The number of aliphatic carboxylic acids is 1. The molecule has 0 saturated carbocycles. The molecule has 0 aliphatic carbocycles. The fourth-order valence-electron chi connectivity index (χ4n) is 1.45. The zero-order chi connectivity index (χ0) is 16.4. The molecular weight excluding hydrogens is 312 g/mol. The van der Waals surface area contributed by atoms with E-state index in [0.29, 0.717) is 0 Å². The van der Waals surface area contributed by atoms with Crippen LogP contribution in [0.2, 0.25) is 0 Å². The average molecular weight is 319 g/mol. The lowest BCUT2D eigenvalue weighted by molar-refractivity contribution is -0.276. The monoisotopic (exact) mass is 319 g/mol. The van der Waals surface area contributed by atoms with E-state index < -0.39 is 47.8 Å². The molecule has 0 spiro atoms. The maximum absolute atomic E-state index is 12.8. The Morgan fingerprint density at radius 1 is 1.29 bits per heavy atom. The number of hydrogen-bond donors (Lipinski definition) is 1. The number of ether oxygens (including phenoxy) is 2. The van der Waals surface area contributed by atoms with Crippen LogP contribution < -0.4 is 9.47 Å². The number of methoxy groups -OCH3 is 1. The third kappa shape index (κ3) is 4.68. The molecule has 0 aliphatic rings. The van der Waals surface area contributed by atoms with Gasteiger partial charge in [-0.15, -0.1) is 13.2 Å². The average Bonchev–Trinajstić information content (AvgIpc) is 2.22. The number of nitrogens with zero attached hydrogens (tertiary/aromatic N) is 1. The highest BCUT2D eigenvalue weighted by atomic mass is 19.4. The standard InChI is InChI=1S/C10H7F6NO4/c1-20-5-3-6(21-10(14,15)16)17-4(2-7(18)19)8(5)9(11,12)13/h3H,2H2,1H3,(H,18,19). The molecule has 0 unspecified atom stereocenters. The Hall–Kier alpha value is -2.20. The van der Waals surface area contributed by atoms with Gasteiger partial charge in [-0.3, -0.25) is 4.79 Å². The van der Waals surface area contributed by atoms with Crippen molar-refractivity contribution in [3.05, 3.63) is 17.3 Å². The molecule has 0 atom stereocenters. The molecule has 11 heteroatoms. The van der Waals surface area contributed by atoms with Crippen molar-refractivity contribution in [3.63, 3.8) is 0 Å². The Kier molecular flexibility index (Phi) is 4.54. The van der Waals surface area contributed by atoms with Gasteiger partial charge in [0, 0.05) is 6.07 Å². The number of carboxylic acids is 1. The Bertz CT molecular complexity index is 540. The normalized spacial score (nSPS) is 12.1. The maximum atomic E-state index is 12.8. The molecule has 1 rings (SSSR count). The summed E-state index contributed by atoms with van der Waals surface area (Å²) in [5.41, 5.74) is -2.71. The van der Waals surface area contributed by atoms with Crippen LogP contribution >= 0.6 is 0 Å². The minimum atomic E-state index is -5.20. The van der Waals surface area contributed by atoms with E-state index in [-0.39, 0.29) is 6.07 Å². The summed E-state index contributed by atoms with van der Waals surface area (Å²) in [7, 11) is 0.784. The lowest BCUT2D eigenvalue weighted by atomic mass is 10.1. The predicted molar refractivity (Wildman–Crippen MR) is 53.8 cm³/mol. The second kappa shape index (κ2) is 5.66. The molecule has 0 aromatic carbocycles. The second-order valence-corrected chi connectivity index (χ2v) is 3.60. The summed E-state index contributed by atoms with van der Waals surface area (Å²) in [5, 5.41) is 8.53. The summed E-state index contributed by atoms with van der Waals surface area (Å²) in [6.45, 7) is 0. The molecule has 5 nitrogen and oxygen atoms in total. The number of pyridine rings is 1. The molecule has 0 radical (unpaired) electrons. The van der Waals surface area contributed by atoms with Gasteiger partial charge in [-0.1, -0.05) is 0 Å². The molecule has 0 saturated heterocycles. The lowest BCUT2D eigenvalue weighted by Gasteiger charge is -2.17. The minimum absolute atomic E-state index is 0.279. The van der Waals surface area contributed by atoms with Crippen LogP contribution in [0.3, 0.4) is 0 Å². The van der Waals surface area contributed by atoms with E-state index in [1.165, 1.54) is 0 Å². The number of alkyl halides is 6. The number of aromatic nitrogens is 1. The van der Waals surface area contributed by atoms with Gasteiger partial charge in [0.15, 0.2) is 0 Å². The van der Waals surface area contributed by atoms with Crippen LogP contribution in [-0.2, 0) is 17.4 Å². The van der Waals surface area contributed by atoms with Crippen molar-refractivity contribution in [1.29, 1.82) is 0 Å². The summed E-state index contributed by atoms with van der Waals surface area (Å²) in [4.78, 5) is 13.5. The quantitative estimate of drug-likeness (QED) is 0.864. The molecule has 0 bridgehead atoms. The van der Waals surface area contributed by atoms with E-state index in [1.807, 2.05) is 0 Å². The molecule has 118 valence electrons. The highest BCUT2D eigenvalue weighted by Crippen LogP contribution is 2.40. The molecule has 0 fully saturated rings. The first kappa shape index (κ1) is 16.9. The number of rotatable bonds is 4. The second-order valence-electron chi connectivity index (χ2n) is 3.60. The number of carbonyl (C=O) groups is 1. The van der Waals surface area contributed by atoms with E-state index in [0.717, 1.165) is 7.11 Å². The molecular formula is C10H7F6NO4. The fourth-order valence-corrected chi connectivity index (χ4v) is 1.45. The summed E-state index contributed by atoms with van der Waals surface area (Å²) in [6, 6.07) is 0.279. The Morgan fingerprint density at radius 2 is 1.86 bits per heavy atom. The van der Waals surface area contributed by atoms with Crippen molar-refractivity contribution < 1.29 is 45.7 Å². The predicted octanol–water partition coefficient (Wildman–Crippen LogP) is 2.63. The third-order valence-corrected chi connectivity index (χ3v) is 2.08. The number of hydrogen-bond acceptors (Lipinski definition) is 4. The van der Waals surface area contributed by atoms with Crippen molar-refractivity contribution in [3.8, 4) is 11.6 Å². The van der Waals surface area contributed by atoms with E-state index in [9.17, 15) is 31.1 Å². The number of carboxylic acid groups (broad SMARTS) is 1. The van der Waals surface area contributed by atoms with E-state index in [4.69, 9.17) is 5.11 Å². The SMILES string of the molecule is COc1cc(OC(F)(F)F)nc(CC(=O)O)c1C(F)(F)F. The minimum Gasteiger partial charge on any atom is -0.496 e. The van der Waals surface area contributed by atoms with Gasteiger partial charge in [0.05, 0.1) is 19.2 Å². The summed E-state index contributed by atoms with van der Waals surface area (Å²) < 4.78 is 82.4. The lowest BCUT2D eigenvalue weighted by Crippen LogP contribution is -2.21. The molecule has 1 aromatic rings. The van der Waals surface area contributed by atoms with Gasteiger partial charge in [0.2, 0.25) is 5.88 Å². The van der Waals surface area contributed by atoms with Crippen LogP contribution in [0.25, 0.3) is 0 Å².